The Balaban J connectivity index is 1.18. The van der Waals surface area contributed by atoms with Crippen molar-refractivity contribution in [2.75, 3.05) is 38.0 Å². The molecule has 2 N–H and O–H groups in total. The van der Waals surface area contributed by atoms with Crippen molar-refractivity contribution in [3.63, 3.8) is 0 Å². The van der Waals surface area contributed by atoms with Crippen LogP contribution in [0.15, 0.2) is 55.0 Å². The number of aromatic amines is 1. The highest BCUT2D eigenvalue weighted by molar-refractivity contribution is 5.90. The lowest BCUT2D eigenvalue weighted by Gasteiger charge is -2.36. The summed E-state index contributed by atoms with van der Waals surface area (Å²) in [6.07, 6.45) is 1.78. The van der Waals surface area contributed by atoms with Crippen molar-refractivity contribution in [2.24, 2.45) is 0 Å². The Bertz CT molecular complexity index is 1630. The first kappa shape index (κ1) is 29.9. The maximum atomic E-state index is 14.2. The molecule has 12 heteroatoms. The lowest BCUT2D eigenvalue weighted by atomic mass is 9.97. The molecule has 3 aromatic heterocycles. The normalized spacial score (nSPS) is 17.9. The number of amides is 2. The van der Waals surface area contributed by atoms with Gasteiger partial charge >= 0.3 is 12.2 Å². The molecule has 2 aliphatic rings. The van der Waals surface area contributed by atoms with E-state index in [1.54, 1.807) is 35.6 Å². The molecule has 5 heterocycles. The first-order valence-corrected chi connectivity index (χ1v) is 15.0. The SMILES string of the molecule is CC[C@@H]1Cc2ncc(Oc3ccnc4[nH]ccc34)cc2CN1C(=O)Nc1ccc(CN2CCN(CC)CC2)c(C(F)(F)F)c1. The molecule has 1 atom stereocenters. The summed E-state index contributed by atoms with van der Waals surface area (Å²) >= 11 is 0. The van der Waals surface area contributed by atoms with Crippen LogP contribution in [-0.4, -0.2) is 74.4 Å². The zero-order chi connectivity index (χ0) is 30.8. The highest BCUT2D eigenvalue weighted by Crippen LogP contribution is 2.36. The van der Waals surface area contributed by atoms with Gasteiger partial charge in [0.05, 0.1) is 17.1 Å². The number of nitrogens with zero attached hydrogens (tertiary/aromatic N) is 5. The van der Waals surface area contributed by atoms with Gasteiger partial charge in [0.2, 0.25) is 0 Å². The predicted octanol–water partition coefficient (Wildman–Crippen LogP) is 6.28. The van der Waals surface area contributed by atoms with Crippen LogP contribution >= 0.6 is 0 Å². The molecule has 2 amide bonds. The number of nitrogens with one attached hydrogen (secondary N) is 2. The van der Waals surface area contributed by atoms with E-state index in [1.807, 2.05) is 24.0 Å². The first-order chi connectivity index (χ1) is 21.2. The largest absolute Gasteiger partial charge is 0.455 e. The van der Waals surface area contributed by atoms with Crippen molar-refractivity contribution in [1.29, 1.82) is 0 Å². The molecule has 232 valence electrons. The van der Waals surface area contributed by atoms with Crippen molar-refractivity contribution < 1.29 is 22.7 Å². The van der Waals surface area contributed by atoms with E-state index in [4.69, 9.17) is 4.74 Å². The maximum Gasteiger partial charge on any atom is 0.416 e. The number of benzene rings is 1. The lowest BCUT2D eigenvalue weighted by molar-refractivity contribution is -0.138. The number of carbonyl (C=O) groups is 1. The number of aromatic nitrogens is 3. The van der Waals surface area contributed by atoms with E-state index in [-0.39, 0.29) is 30.4 Å². The summed E-state index contributed by atoms with van der Waals surface area (Å²) < 4.78 is 48.6. The number of rotatable bonds is 7. The minimum atomic E-state index is -4.54. The summed E-state index contributed by atoms with van der Waals surface area (Å²) in [6, 6.07) is 9.02. The van der Waals surface area contributed by atoms with Crippen LogP contribution in [0.4, 0.5) is 23.7 Å². The molecule has 1 aromatic carbocycles. The molecule has 4 aromatic rings. The second kappa shape index (κ2) is 12.4. The molecule has 0 aliphatic carbocycles. The Morgan fingerprint density at radius 3 is 2.61 bits per heavy atom. The first-order valence-electron chi connectivity index (χ1n) is 15.0. The van der Waals surface area contributed by atoms with Gasteiger partial charge in [0.1, 0.15) is 17.1 Å². The van der Waals surface area contributed by atoms with Gasteiger partial charge in [-0.05, 0) is 54.4 Å². The Hall–Kier alpha value is -4.16. The van der Waals surface area contributed by atoms with Gasteiger partial charge < -0.3 is 24.8 Å². The summed E-state index contributed by atoms with van der Waals surface area (Å²) in [4.78, 5) is 31.5. The fourth-order valence-corrected chi connectivity index (χ4v) is 6.05. The van der Waals surface area contributed by atoms with Crippen LogP contribution < -0.4 is 10.1 Å². The summed E-state index contributed by atoms with van der Waals surface area (Å²) in [5.74, 6) is 1.15. The third-order valence-corrected chi connectivity index (χ3v) is 8.60. The zero-order valence-corrected chi connectivity index (χ0v) is 24.8. The molecule has 9 nitrogen and oxygen atoms in total. The van der Waals surface area contributed by atoms with Gasteiger partial charge in [-0.3, -0.25) is 9.88 Å². The summed E-state index contributed by atoms with van der Waals surface area (Å²) in [6.45, 7) is 8.60. The number of piperazine rings is 1. The third kappa shape index (κ3) is 6.36. The highest BCUT2D eigenvalue weighted by Gasteiger charge is 2.35. The van der Waals surface area contributed by atoms with Crippen molar-refractivity contribution in [2.45, 2.75) is 52.0 Å². The van der Waals surface area contributed by atoms with E-state index >= 15 is 0 Å². The molecule has 44 heavy (non-hydrogen) atoms. The Kier molecular flexibility index (Phi) is 8.46. The monoisotopic (exact) mass is 607 g/mol. The predicted molar refractivity (Wildman–Crippen MR) is 162 cm³/mol. The second-order valence-electron chi connectivity index (χ2n) is 11.3. The topological polar surface area (TPSA) is 89.6 Å². The molecule has 6 rings (SSSR count). The number of carbonyl (C=O) groups excluding carboxylic acids is 1. The van der Waals surface area contributed by atoms with Crippen molar-refractivity contribution in [3.8, 4) is 11.5 Å². The molecule has 0 unspecified atom stereocenters. The fourth-order valence-electron chi connectivity index (χ4n) is 6.05. The fraction of sp³-hybridized carbons (Fsp3) is 0.406. The van der Waals surface area contributed by atoms with Gasteiger partial charge in [0.25, 0.3) is 0 Å². The van der Waals surface area contributed by atoms with Gasteiger partial charge in [-0.1, -0.05) is 19.9 Å². The van der Waals surface area contributed by atoms with E-state index in [9.17, 15) is 18.0 Å². The van der Waals surface area contributed by atoms with Crippen LogP contribution in [0.2, 0.25) is 0 Å². The van der Waals surface area contributed by atoms with Gasteiger partial charge in [0, 0.05) is 75.5 Å². The minimum Gasteiger partial charge on any atom is -0.455 e. The Morgan fingerprint density at radius 2 is 1.86 bits per heavy atom. The molecule has 0 saturated carbocycles. The number of hydrogen-bond acceptors (Lipinski definition) is 6. The van der Waals surface area contributed by atoms with Gasteiger partial charge in [-0.25, -0.2) is 9.78 Å². The smallest absolute Gasteiger partial charge is 0.416 e. The number of urea groups is 1. The second-order valence-corrected chi connectivity index (χ2v) is 11.3. The molecular formula is C32H36F3N7O2. The van der Waals surface area contributed by atoms with Crippen LogP contribution in [-0.2, 0) is 25.7 Å². The van der Waals surface area contributed by atoms with Gasteiger partial charge in [0.15, 0.2) is 0 Å². The van der Waals surface area contributed by atoms with E-state index in [2.05, 4.69) is 32.1 Å². The van der Waals surface area contributed by atoms with Crippen molar-refractivity contribution >= 4 is 22.8 Å². The van der Waals surface area contributed by atoms with Crippen LogP contribution in [0.1, 0.15) is 42.7 Å². The van der Waals surface area contributed by atoms with E-state index in [1.165, 1.54) is 6.07 Å². The average Bonchev–Trinajstić information content (AvgIpc) is 3.51. The molecule has 1 saturated heterocycles. The van der Waals surface area contributed by atoms with Crippen molar-refractivity contribution in [1.82, 2.24) is 29.7 Å². The van der Waals surface area contributed by atoms with Crippen LogP contribution in [0.25, 0.3) is 11.0 Å². The number of likely N-dealkylation sites (N-methyl/N-ethyl adjacent to an activating group) is 1. The number of pyridine rings is 2. The highest BCUT2D eigenvalue weighted by atomic mass is 19.4. The van der Waals surface area contributed by atoms with Gasteiger partial charge in [-0.15, -0.1) is 0 Å². The minimum absolute atomic E-state index is 0.117. The lowest BCUT2D eigenvalue weighted by Crippen LogP contribution is -2.46. The zero-order valence-electron chi connectivity index (χ0n) is 24.8. The molecule has 1 fully saturated rings. The number of halogens is 3. The average molecular weight is 608 g/mol. The number of hydrogen-bond donors (Lipinski definition) is 2. The number of H-pyrrole nitrogens is 1. The summed E-state index contributed by atoms with van der Waals surface area (Å²) in [5, 5.41) is 3.57. The van der Waals surface area contributed by atoms with E-state index in [0.29, 0.717) is 30.0 Å². The van der Waals surface area contributed by atoms with Crippen LogP contribution in [0.3, 0.4) is 0 Å². The molecule has 0 radical (unpaired) electrons. The Morgan fingerprint density at radius 1 is 1.07 bits per heavy atom. The van der Waals surface area contributed by atoms with E-state index < -0.39 is 17.8 Å². The van der Waals surface area contributed by atoms with E-state index in [0.717, 1.165) is 55.4 Å². The number of ether oxygens (including phenoxy) is 1. The quantitative estimate of drug-likeness (QED) is 0.257. The molecule has 2 aliphatic heterocycles. The van der Waals surface area contributed by atoms with Crippen LogP contribution in [0, 0.1) is 0 Å². The standard InChI is InChI=1S/C32H36F3N7O2/c1-3-24-17-28-22(15-25(18-38-28)44-29-8-10-37-30-26(29)7-9-36-30)20-42(24)31(43)39-23-6-5-21(27(16-23)32(33,34)35)19-41-13-11-40(4-2)12-14-41/h5-10,15-16,18,24H,3-4,11-14,17,19-20H2,1-2H3,(H,36,37)(H,39,43)/t24-/m1/s1. The molecule has 0 bridgehead atoms. The molecule has 0 spiro atoms. The molecular weight excluding hydrogens is 571 g/mol. The number of alkyl halides is 3. The maximum absolute atomic E-state index is 14.2. The van der Waals surface area contributed by atoms with Crippen LogP contribution in [0.5, 0.6) is 11.5 Å². The third-order valence-electron chi connectivity index (χ3n) is 8.60. The summed E-state index contributed by atoms with van der Waals surface area (Å²) in [5.41, 5.74) is 2.02. The number of anilines is 1. The Labute approximate surface area is 254 Å². The number of fused-ring (bicyclic) bond motifs is 2. The van der Waals surface area contributed by atoms with Gasteiger partial charge in [-0.2, -0.15) is 13.2 Å². The van der Waals surface area contributed by atoms with Crippen molar-refractivity contribution in [3.05, 3.63) is 77.4 Å². The summed E-state index contributed by atoms with van der Waals surface area (Å²) in [7, 11) is 0.